The monoisotopic (exact) mass is 347 g/mol. The first-order valence-corrected chi connectivity index (χ1v) is 8.05. The van der Waals surface area contributed by atoms with Crippen molar-refractivity contribution in [2.75, 3.05) is 12.4 Å². The van der Waals surface area contributed by atoms with Crippen molar-refractivity contribution >= 4 is 27.7 Å². The van der Waals surface area contributed by atoms with E-state index in [0.29, 0.717) is 5.75 Å². The summed E-state index contributed by atoms with van der Waals surface area (Å²) in [5.74, 6) is 0.495. The molecule has 0 amide bonds. The summed E-state index contributed by atoms with van der Waals surface area (Å²) in [6.07, 6.45) is -0.667. The summed E-state index contributed by atoms with van der Waals surface area (Å²) >= 11 is 5.08. The van der Waals surface area contributed by atoms with Crippen LogP contribution in [-0.4, -0.2) is 34.2 Å². The van der Waals surface area contributed by atoms with E-state index in [1.165, 1.54) is 17.3 Å². The fourth-order valence-corrected chi connectivity index (χ4v) is 2.99. The van der Waals surface area contributed by atoms with Gasteiger partial charge in [0, 0.05) is 27.2 Å². The van der Waals surface area contributed by atoms with Crippen molar-refractivity contribution in [3.05, 3.63) is 28.2 Å². The van der Waals surface area contributed by atoms with E-state index in [-0.39, 0.29) is 12.1 Å². The van der Waals surface area contributed by atoms with Crippen LogP contribution in [0.4, 0.5) is 0 Å². The molecule has 0 aromatic heterocycles. The highest BCUT2D eigenvalue weighted by Crippen LogP contribution is 2.29. The molecule has 1 rings (SSSR count). The normalized spacial score (nSPS) is 13.6. The van der Waals surface area contributed by atoms with Crippen LogP contribution < -0.4 is 5.32 Å². The highest BCUT2D eigenvalue weighted by Gasteiger charge is 2.10. The first-order chi connectivity index (χ1) is 8.81. The van der Waals surface area contributed by atoms with Crippen molar-refractivity contribution in [1.82, 2.24) is 5.32 Å². The molecule has 3 N–H and O–H groups in total. The van der Waals surface area contributed by atoms with E-state index >= 15 is 0 Å². The third kappa shape index (κ3) is 6.77. The predicted molar refractivity (Wildman–Crippen MR) is 84.6 cm³/mol. The molecule has 108 valence electrons. The summed E-state index contributed by atoms with van der Waals surface area (Å²) < 4.78 is 1.02. The minimum atomic E-state index is -0.667. The molecule has 3 nitrogen and oxygen atoms in total. The van der Waals surface area contributed by atoms with Crippen LogP contribution in [0.15, 0.2) is 27.6 Å². The van der Waals surface area contributed by atoms with Gasteiger partial charge in [-0.2, -0.15) is 0 Å². The maximum Gasteiger partial charge on any atom is 0.0864 e. The fraction of sp³-hybridized carbons (Fsp3) is 0.571. The molecule has 1 aromatic carbocycles. The van der Waals surface area contributed by atoms with Gasteiger partial charge in [0.25, 0.3) is 0 Å². The van der Waals surface area contributed by atoms with Crippen molar-refractivity contribution in [3.63, 3.8) is 0 Å². The highest BCUT2D eigenvalue weighted by molar-refractivity contribution is 9.10. The van der Waals surface area contributed by atoms with Crippen molar-refractivity contribution in [2.24, 2.45) is 0 Å². The summed E-state index contributed by atoms with van der Waals surface area (Å²) in [5, 5.41) is 21.6. The number of aliphatic hydroxyl groups excluding tert-OH is 2. The third-order valence-corrected chi connectivity index (χ3v) is 4.60. The zero-order valence-electron chi connectivity index (χ0n) is 11.6. The smallest absolute Gasteiger partial charge is 0.0864 e. The third-order valence-electron chi connectivity index (χ3n) is 2.46. The van der Waals surface area contributed by atoms with Gasteiger partial charge in [0.1, 0.15) is 0 Å². The van der Waals surface area contributed by atoms with E-state index in [9.17, 15) is 5.11 Å². The topological polar surface area (TPSA) is 52.5 Å². The molecule has 0 aliphatic rings. The Balaban J connectivity index is 2.59. The first-order valence-electron chi connectivity index (χ1n) is 6.27. The Labute approximate surface area is 127 Å². The Morgan fingerprint density at radius 1 is 1.37 bits per heavy atom. The number of nitrogens with one attached hydrogen (secondary N) is 1. The molecule has 1 unspecified atom stereocenters. The van der Waals surface area contributed by atoms with E-state index in [1.807, 2.05) is 6.07 Å². The zero-order chi connectivity index (χ0) is 14.5. The number of rotatable bonds is 6. The lowest BCUT2D eigenvalue weighted by Crippen LogP contribution is -2.35. The molecule has 0 aliphatic heterocycles. The lowest BCUT2D eigenvalue weighted by molar-refractivity contribution is 0.113. The van der Waals surface area contributed by atoms with Gasteiger partial charge in [0.15, 0.2) is 0 Å². The lowest BCUT2D eigenvalue weighted by atomic mass is 10.1. The quantitative estimate of drug-likeness (QED) is 0.692. The number of aliphatic hydroxyl groups is 2. The van der Waals surface area contributed by atoms with E-state index in [0.717, 1.165) is 15.9 Å². The van der Waals surface area contributed by atoms with Crippen LogP contribution in [0.5, 0.6) is 0 Å². The number of halogens is 1. The van der Waals surface area contributed by atoms with Gasteiger partial charge in [-0.15, -0.1) is 11.8 Å². The Kier molecular flexibility index (Phi) is 6.83. The van der Waals surface area contributed by atoms with Gasteiger partial charge >= 0.3 is 0 Å². The summed E-state index contributed by atoms with van der Waals surface area (Å²) in [7, 11) is 0. The summed E-state index contributed by atoms with van der Waals surface area (Å²) in [4.78, 5) is 1.08. The average Bonchev–Trinajstić information content (AvgIpc) is 2.34. The van der Waals surface area contributed by atoms with Gasteiger partial charge in [-0.25, -0.2) is 0 Å². The minimum absolute atomic E-state index is 0.102. The van der Waals surface area contributed by atoms with Gasteiger partial charge in [0.05, 0.1) is 12.7 Å². The Morgan fingerprint density at radius 2 is 2.05 bits per heavy atom. The van der Waals surface area contributed by atoms with Crippen molar-refractivity contribution in [2.45, 2.75) is 43.9 Å². The summed E-state index contributed by atoms with van der Waals surface area (Å²) in [6, 6.07) is 6.21. The van der Waals surface area contributed by atoms with Gasteiger partial charge in [-0.3, -0.25) is 0 Å². The number of thioether (sulfide) groups is 1. The number of hydrogen-bond acceptors (Lipinski definition) is 4. The lowest BCUT2D eigenvalue weighted by Gasteiger charge is -2.20. The van der Waals surface area contributed by atoms with Crippen LogP contribution in [0.3, 0.4) is 0 Å². The van der Waals surface area contributed by atoms with Crippen molar-refractivity contribution in [3.8, 4) is 0 Å². The second-order valence-electron chi connectivity index (χ2n) is 5.52. The van der Waals surface area contributed by atoms with E-state index in [1.54, 1.807) is 0 Å². The Morgan fingerprint density at radius 3 is 2.58 bits per heavy atom. The number of hydrogen-bond donors (Lipinski definition) is 3. The molecule has 5 heteroatoms. The maximum absolute atomic E-state index is 9.34. The van der Waals surface area contributed by atoms with E-state index in [2.05, 4.69) is 54.2 Å². The molecule has 0 saturated carbocycles. The van der Waals surface area contributed by atoms with Crippen molar-refractivity contribution < 1.29 is 10.2 Å². The average molecular weight is 348 g/mol. The van der Waals surface area contributed by atoms with Crippen molar-refractivity contribution in [1.29, 1.82) is 0 Å². The Bertz CT molecular complexity index is 407. The number of benzene rings is 1. The van der Waals surface area contributed by atoms with Crippen LogP contribution >= 0.6 is 27.7 Å². The highest BCUT2D eigenvalue weighted by atomic mass is 79.9. The van der Waals surface area contributed by atoms with Crippen LogP contribution in [0.2, 0.25) is 0 Å². The molecule has 0 bridgehead atoms. The predicted octanol–water partition coefficient (Wildman–Crippen LogP) is 2.78. The van der Waals surface area contributed by atoms with Gasteiger partial charge in [0.2, 0.25) is 0 Å². The molecule has 0 heterocycles. The standard InChI is InChI=1S/C14H22BrNO2S/c1-14(2,3)16-7-10-4-5-13(12(15)6-10)19-9-11(18)8-17/h4-6,11,16-18H,7-9H2,1-3H3. The largest absolute Gasteiger partial charge is 0.394 e. The maximum atomic E-state index is 9.34. The molecule has 1 aromatic rings. The molecular formula is C14H22BrNO2S. The van der Waals surface area contributed by atoms with Gasteiger partial charge in [-0.1, -0.05) is 6.07 Å². The van der Waals surface area contributed by atoms with Crippen LogP contribution in [-0.2, 0) is 6.54 Å². The van der Waals surface area contributed by atoms with Crippen LogP contribution in [0.1, 0.15) is 26.3 Å². The second-order valence-corrected chi connectivity index (χ2v) is 7.43. The molecular weight excluding hydrogens is 326 g/mol. The van der Waals surface area contributed by atoms with E-state index < -0.39 is 6.10 Å². The molecule has 1 atom stereocenters. The SMILES string of the molecule is CC(C)(C)NCc1ccc(SCC(O)CO)c(Br)c1. The molecule has 0 aliphatic carbocycles. The molecule has 19 heavy (non-hydrogen) atoms. The Hall–Kier alpha value is -0.0700. The second kappa shape index (κ2) is 7.64. The minimum Gasteiger partial charge on any atom is -0.394 e. The molecule has 0 fully saturated rings. The first kappa shape index (κ1) is 17.0. The molecule has 0 saturated heterocycles. The molecule has 0 radical (unpaired) electrons. The zero-order valence-corrected chi connectivity index (χ0v) is 14.0. The summed E-state index contributed by atoms with van der Waals surface area (Å²) in [5.41, 5.74) is 1.32. The summed E-state index contributed by atoms with van der Waals surface area (Å²) in [6.45, 7) is 7.05. The van der Waals surface area contributed by atoms with Gasteiger partial charge in [-0.05, 0) is 54.4 Å². The van der Waals surface area contributed by atoms with Gasteiger partial charge < -0.3 is 15.5 Å². The van der Waals surface area contributed by atoms with Crippen LogP contribution in [0, 0.1) is 0 Å². The van der Waals surface area contributed by atoms with E-state index in [4.69, 9.17) is 5.11 Å². The molecule has 0 spiro atoms. The fourth-order valence-electron chi connectivity index (χ4n) is 1.38. The van der Waals surface area contributed by atoms with Crippen LogP contribution in [0.25, 0.3) is 0 Å².